The lowest BCUT2D eigenvalue weighted by molar-refractivity contribution is 0.0663. The molecule has 2 aromatic carbocycles. The number of benzene rings is 2. The predicted octanol–water partition coefficient (Wildman–Crippen LogP) is 3.06. The van der Waals surface area contributed by atoms with Crippen LogP contribution in [0.5, 0.6) is 0 Å². The van der Waals surface area contributed by atoms with E-state index in [0.717, 1.165) is 37.3 Å². The number of Topliss-reactive ketones (excluding diaryl/α,β-unsaturated/α-hetero) is 1. The van der Waals surface area contributed by atoms with Crippen LogP contribution < -0.4 is 0 Å². The van der Waals surface area contributed by atoms with E-state index in [1.165, 1.54) is 0 Å². The van der Waals surface area contributed by atoms with Gasteiger partial charge >= 0.3 is 0 Å². The number of hydrogen-bond acceptors (Lipinski definition) is 4. The SMILES string of the molecule is Cl.Cl.O=C(CN1CCN(CC(O)c2ccccc2)CC1)c1ccccc1. The van der Waals surface area contributed by atoms with Crippen molar-refractivity contribution >= 4 is 30.6 Å². The van der Waals surface area contributed by atoms with Gasteiger partial charge in [-0.05, 0) is 5.56 Å². The number of nitrogens with zero attached hydrogens (tertiary/aromatic N) is 2. The fourth-order valence-electron chi connectivity index (χ4n) is 3.07. The van der Waals surface area contributed by atoms with Crippen LogP contribution in [0.15, 0.2) is 60.7 Å². The van der Waals surface area contributed by atoms with Gasteiger partial charge in [0.05, 0.1) is 12.6 Å². The number of ketones is 1. The number of β-amino-alcohol motifs (C(OH)–C–C–N with tert-alkyl or cyclic N) is 1. The van der Waals surface area contributed by atoms with Gasteiger partial charge in [-0.2, -0.15) is 0 Å². The lowest BCUT2D eigenvalue weighted by atomic mass is 10.1. The summed E-state index contributed by atoms with van der Waals surface area (Å²) in [7, 11) is 0. The molecule has 0 spiro atoms. The Bertz CT molecular complexity index is 647. The number of aliphatic hydroxyl groups excluding tert-OH is 1. The number of halogens is 2. The van der Waals surface area contributed by atoms with Gasteiger partial charge in [-0.25, -0.2) is 0 Å². The highest BCUT2D eigenvalue weighted by Crippen LogP contribution is 2.15. The first kappa shape index (κ1) is 22.6. The smallest absolute Gasteiger partial charge is 0.176 e. The van der Waals surface area contributed by atoms with Crippen LogP contribution in [-0.2, 0) is 0 Å². The molecule has 1 aliphatic rings. The lowest BCUT2D eigenvalue weighted by Crippen LogP contribution is -2.48. The van der Waals surface area contributed by atoms with Crippen molar-refractivity contribution < 1.29 is 9.90 Å². The minimum atomic E-state index is -0.455. The molecule has 1 aliphatic heterocycles. The fourth-order valence-corrected chi connectivity index (χ4v) is 3.07. The highest BCUT2D eigenvalue weighted by molar-refractivity contribution is 5.97. The monoisotopic (exact) mass is 396 g/mol. The third-order valence-electron chi connectivity index (χ3n) is 4.54. The predicted molar refractivity (Wildman–Crippen MR) is 110 cm³/mol. The van der Waals surface area contributed by atoms with Gasteiger partial charge in [0, 0.05) is 38.3 Å². The van der Waals surface area contributed by atoms with Crippen LogP contribution in [0.3, 0.4) is 0 Å². The van der Waals surface area contributed by atoms with Crippen molar-refractivity contribution in [1.82, 2.24) is 9.80 Å². The Morgan fingerprint density at radius 1 is 0.846 bits per heavy atom. The molecule has 1 heterocycles. The van der Waals surface area contributed by atoms with Crippen LogP contribution in [-0.4, -0.2) is 60.0 Å². The molecule has 6 heteroatoms. The molecule has 0 saturated carbocycles. The number of rotatable bonds is 6. The second-order valence-corrected chi connectivity index (χ2v) is 6.29. The van der Waals surface area contributed by atoms with E-state index >= 15 is 0 Å². The van der Waals surface area contributed by atoms with Gasteiger partial charge in [0.2, 0.25) is 0 Å². The van der Waals surface area contributed by atoms with Crippen LogP contribution in [0.1, 0.15) is 22.0 Å². The summed E-state index contributed by atoms with van der Waals surface area (Å²) >= 11 is 0. The molecule has 1 unspecified atom stereocenters. The second kappa shape index (κ2) is 11.3. The van der Waals surface area contributed by atoms with Crippen molar-refractivity contribution in [3.63, 3.8) is 0 Å². The summed E-state index contributed by atoms with van der Waals surface area (Å²) in [5.74, 6) is 0.174. The Kier molecular flexibility index (Phi) is 9.84. The molecule has 0 bridgehead atoms. The minimum absolute atomic E-state index is 0. The summed E-state index contributed by atoms with van der Waals surface area (Å²) in [6.45, 7) is 4.60. The molecular formula is C20H26Cl2N2O2. The first-order chi connectivity index (χ1) is 11.7. The Morgan fingerprint density at radius 2 is 1.35 bits per heavy atom. The maximum atomic E-state index is 12.3. The Balaban J connectivity index is 0.00000169. The van der Waals surface area contributed by atoms with Crippen molar-refractivity contribution in [3.8, 4) is 0 Å². The Labute approximate surface area is 167 Å². The van der Waals surface area contributed by atoms with E-state index in [1.807, 2.05) is 60.7 Å². The highest BCUT2D eigenvalue weighted by atomic mass is 35.5. The van der Waals surface area contributed by atoms with Gasteiger partial charge in [0.1, 0.15) is 0 Å². The molecule has 0 aliphatic carbocycles. The largest absolute Gasteiger partial charge is 0.387 e. The van der Waals surface area contributed by atoms with E-state index in [-0.39, 0.29) is 30.6 Å². The van der Waals surface area contributed by atoms with Crippen LogP contribution in [0.25, 0.3) is 0 Å². The lowest BCUT2D eigenvalue weighted by Gasteiger charge is -2.35. The van der Waals surface area contributed by atoms with Gasteiger partial charge in [-0.1, -0.05) is 60.7 Å². The van der Waals surface area contributed by atoms with Crippen molar-refractivity contribution in [2.24, 2.45) is 0 Å². The van der Waals surface area contributed by atoms with Gasteiger partial charge in [-0.15, -0.1) is 24.8 Å². The number of carbonyl (C=O) groups is 1. The minimum Gasteiger partial charge on any atom is -0.387 e. The summed E-state index contributed by atoms with van der Waals surface area (Å²) < 4.78 is 0. The first-order valence-electron chi connectivity index (χ1n) is 8.48. The summed E-state index contributed by atoms with van der Waals surface area (Å²) in [5, 5.41) is 10.3. The van der Waals surface area contributed by atoms with Crippen LogP contribution in [0.4, 0.5) is 0 Å². The average molecular weight is 397 g/mol. The van der Waals surface area contributed by atoms with Gasteiger partial charge in [0.25, 0.3) is 0 Å². The van der Waals surface area contributed by atoms with Gasteiger partial charge in [-0.3, -0.25) is 14.6 Å². The third-order valence-corrected chi connectivity index (χ3v) is 4.54. The quantitative estimate of drug-likeness (QED) is 0.761. The molecule has 142 valence electrons. The fraction of sp³-hybridized carbons (Fsp3) is 0.350. The van der Waals surface area contributed by atoms with Gasteiger partial charge in [0.15, 0.2) is 5.78 Å². The van der Waals surface area contributed by atoms with Gasteiger partial charge < -0.3 is 5.11 Å². The zero-order chi connectivity index (χ0) is 16.8. The summed E-state index contributed by atoms with van der Waals surface area (Å²) in [5.41, 5.74) is 1.73. The van der Waals surface area contributed by atoms with Crippen molar-refractivity contribution in [2.75, 3.05) is 39.3 Å². The first-order valence-corrected chi connectivity index (χ1v) is 8.48. The molecule has 1 N–H and O–H groups in total. The van der Waals surface area contributed by atoms with E-state index < -0.39 is 6.10 Å². The molecule has 3 rings (SSSR count). The van der Waals surface area contributed by atoms with E-state index in [1.54, 1.807) is 0 Å². The molecule has 1 saturated heterocycles. The molecule has 0 radical (unpaired) electrons. The van der Waals surface area contributed by atoms with Crippen LogP contribution in [0.2, 0.25) is 0 Å². The summed E-state index contributed by atoms with van der Waals surface area (Å²) in [6, 6.07) is 19.2. The maximum Gasteiger partial charge on any atom is 0.176 e. The number of aliphatic hydroxyl groups is 1. The molecule has 0 amide bonds. The number of carbonyl (C=O) groups excluding carboxylic acids is 1. The molecule has 1 fully saturated rings. The maximum absolute atomic E-state index is 12.3. The topological polar surface area (TPSA) is 43.8 Å². The highest BCUT2D eigenvalue weighted by Gasteiger charge is 2.21. The normalized spacial score (nSPS) is 16.2. The zero-order valence-electron chi connectivity index (χ0n) is 14.7. The molecule has 1 atom stereocenters. The molecule has 4 nitrogen and oxygen atoms in total. The van der Waals surface area contributed by atoms with E-state index in [9.17, 15) is 9.90 Å². The van der Waals surface area contributed by atoms with Crippen molar-refractivity contribution in [3.05, 3.63) is 71.8 Å². The van der Waals surface area contributed by atoms with E-state index in [2.05, 4.69) is 9.80 Å². The van der Waals surface area contributed by atoms with E-state index in [4.69, 9.17) is 0 Å². The number of piperazine rings is 1. The molecular weight excluding hydrogens is 371 g/mol. The third kappa shape index (κ3) is 6.38. The summed E-state index contributed by atoms with van der Waals surface area (Å²) in [4.78, 5) is 16.7. The molecule has 2 aromatic rings. The standard InChI is InChI=1S/C20H24N2O2.2ClH/c23-19(17-7-3-1-4-8-17)15-21-11-13-22(14-12-21)16-20(24)18-9-5-2-6-10-18;;/h1-10,19,23H,11-16H2;2*1H. The van der Waals surface area contributed by atoms with Crippen LogP contribution >= 0.6 is 24.8 Å². The summed E-state index contributed by atoms with van der Waals surface area (Å²) in [6.07, 6.45) is -0.455. The second-order valence-electron chi connectivity index (χ2n) is 6.29. The number of hydrogen-bond donors (Lipinski definition) is 1. The Hall–Kier alpha value is -1.43. The molecule has 26 heavy (non-hydrogen) atoms. The zero-order valence-corrected chi connectivity index (χ0v) is 16.3. The molecule has 0 aromatic heterocycles. The Morgan fingerprint density at radius 3 is 1.92 bits per heavy atom. The van der Waals surface area contributed by atoms with E-state index in [0.29, 0.717) is 13.1 Å². The van der Waals surface area contributed by atoms with Crippen molar-refractivity contribution in [1.29, 1.82) is 0 Å². The van der Waals surface area contributed by atoms with Crippen LogP contribution in [0, 0.1) is 0 Å². The average Bonchev–Trinajstić information content (AvgIpc) is 2.65. The van der Waals surface area contributed by atoms with Crippen molar-refractivity contribution in [2.45, 2.75) is 6.10 Å².